The topological polar surface area (TPSA) is 52.1 Å². The molecular weight excluding hydrogens is 302 g/mol. The summed E-state index contributed by atoms with van der Waals surface area (Å²) in [5.41, 5.74) is 0. The van der Waals surface area contributed by atoms with E-state index in [1.807, 2.05) is 7.05 Å². The van der Waals surface area contributed by atoms with E-state index >= 15 is 0 Å². The van der Waals surface area contributed by atoms with Gasteiger partial charge in [0.1, 0.15) is 0 Å². The molecule has 0 bridgehead atoms. The van der Waals surface area contributed by atoms with Gasteiger partial charge in [-0.15, -0.1) is 0 Å². The van der Waals surface area contributed by atoms with Gasteiger partial charge < -0.3 is 25.2 Å². The van der Waals surface area contributed by atoms with Gasteiger partial charge in [0.15, 0.2) is 5.96 Å². The molecule has 6 heteroatoms. The summed E-state index contributed by atoms with van der Waals surface area (Å²) in [6.07, 6.45) is 5.20. The van der Waals surface area contributed by atoms with Crippen molar-refractivity contribution in [2.24, 2.45) is 10.9 Å². The summed E-state index contributed by atoms with van der Waals surface area (Å²) in [6.45, 7) is 10.8. The summed E-state index contributed by atoms with van der Waals surface area (Å²) in [7, 11) is 5.74. The lowest BCUT2D eigenvalue weighted by Crippen LogP contribution is -2.44. The van der Waals surface area contributed by atoms with Crippen LogP contribution in [0.15, 0.2) is 4.99 Å². The largest absolute Gasteiger partial charge is 0.385 e. The van der Waals surface area contributed by atoms with Crippen LogP contribution in [0.5, 0.6) is 0 Å². The fourth-order valence-electron chi connectivity index (χ4n) is 3.09. The molecule has 1 saturated heterocycles. The average molecular weight is 342 g/mol. The predicted molar refractivity (Wildman–Crippen MR) is 103 cm³/mol. The molecule has 0 aliphatic carbocycles. The molecule has 1 aliphatic heterocycles. The number of nitrogens with zero attached hydrogens (tertiary/aromatic N) is 3. The first-order chi connectivity index (χ1) is 11.7. The molecule has 2 N–H and O–H groups in total. The molecule has 0 aromatic carbocycles. The predicted octanol–water partition coefficient (Wildman–Crippen LogP) is 1.24. The SMILES string of the molecule is CN=C(NCCN(C)CCCOC)NCC(C)CN1CCCCC1. The normalized spacial score (nSPS) is 18.0. The second-order valence-corrected chi connectivity index (χ2v) is 7.00. The molecule has 0 saturated carbocycles. The molecule has 1 aliphatic rings. The number of nitrogens with one attached hydrogen (secondary N) is 2. The first-order valence-electron chi connectivity index (χ1n) is 9.50. The highest BCUT2D eigenvalue weighted by Gasteiger charge is 2.13. The summed E-state index contributed by atoms with van der Waals surface area (Å²) >= 11 is 0. The maximum atomic E-state index is 5.09. The molecule has 0 radical (unpaired) electrons. The maximum absolute atomic E-state index is 5.09. The van der Waals surface area contributed by atoms with Gasteiger partial charge in [-0.2, -0.15) is 0 Å². The molecule has 1 atom stereocenters. The summed E-state index contributed by atoms with van der Waals surface area (Å²) < 4.78 is 5.09. The Balaban J connectivity index is 2.10. The van der Waals surface area contributed by atoms with Crippen LogP contribution in [0.2, 0.25) is 0 Å². The van der Waals surface area contributed by atoms with Crippen molar-refractivity contribution in [3.8, 4) is 0 Å². The third-order valence-corrected chi connectivity index (χ3v) is 4.53. The molecular formula is C18H39N5O. The number of likely N-dealkylation sites (tertiary alicyclic amines) is 1. The summed E-state index contributed by atoms with van der Waals surface area (Å²) in [6, 6.07) is 0. The number of rotatable bonds is 11. The highest BCUT2D eigenvalue weighted by Crippen LogP contribution is 2.10. The van der Waals surface area contributed by atoms with E-state index in [0.717, 1.165) is 45.2 Å². The van der Waals surface area contributed by atoms with Gasteiger partial charge in [0.2, 0.25) is 0 Å². The highest BCUT2D eigenvalue weighted by atomic mass is 16.5. The third-order valence-electron chi connectivity index (χ3n) is 4.53. The first-order valence-corrected chi connectivity index (χ1v) is 9.50. The zero-order chi connectivity index (χ0) is 17.6. The van der Waals surface area contributed by atoms with Gasteiger partial charge in [-0.05, 0) is 45.3 Å². The van der Waals surface area contributed by atoms with Crippen LogP contribution in [0.4, 0.5) is 0 Å². The Morgan fingerprint density at radius 2 is 1.96 bits per heavy atom. The van der Waals surface area contributed by atoms with Crippen LogP contribution in [0, 0.1) is 5.92 Å². The average Bonchev–Trinajstić information content (AvgIpc) is 2.59. The van der Waals surface area contributed by atoms with Crippen LogP contribution in [0.3, 0.4) is 0 Å². The molecule has 0 aromatic rings. The van der Waals surface area contributed by atoms with Gasteiger partial charge in [-0.25, -0.2) is 0 Å². The molecule has 1 fully saturated rings. The fraction of sp³-hybridized carbons (Fsp3) is 0.944. The number of likely N-dealkylation sites (N-methyl/N-ethyl adjacent to an activating group) is 1. The van der Waals surface area contributed by atoms with E-state index in [2.05, 4.69) is 39.4 Å². The van der Waals surface area contributed by atoms with Crippen molar-refractivity contribution < 1.29 is 4.74 Å². The van der Waals surface area contributed by atoms with E-state index < -0.39 is 0 Å². The van der Waals surface area contributed by atoms with Gasteiger partial charge in [0.25, 0.3) is 0 Å². The standard InChI is InChI=1S/C18H39N5O/c1-17(16-23-11-6-5-7-12-23)15-21-18(19-2)20-9-13-22(3)10-8-14-24-4/h17H,5-16H2,1-4H3,(H2,19,20,21). The van der Waals surface area contributed by atoms with E-state index in [-0.39, 0.29) is 0 Å². The fourth-order valence-corrected chi connectivity index (χ4v) is 3.09. The van der Waals surface area contributed by atoms with Gasteiger partial charge in [0, 0.05) is 53.5 Å². The number of piperidine rings is 1. The molecule has 0 aromatic heterocycles. The molecule has 0 spiro atoms. The number of ether oxygens (including phenoxy) is 1. The van der Waals surface area contributed by atoms with Gasteiger partial charge >= 0.3 is 0 Å². The molecule has 6 nitrogen and oxygen atoms in total. The van der Waals surface area contributed by atoms with E-state index in [1.54, 1.807) is 7.11 Å². The Morgan fingerprint density at radius 3 is 2.62 bits per heavy atom. The first kappa shape index (κ1) is 21.2. The smallest absolute Gasteiger partial charge is 0.191 e. The Bertz CT molecular complexity index is 331. The number of hydrogen-bond donors (Lipinski definition) is 2. The maximum Gasteiger partial charge on any atom is 0.191 e. The lowest BCUT2D eigenvalue weighted by atomic mass is 10.1. The Kier molecular flexibility index (Phi) is 11.9. The van der Waals surface area contributed by atoms with Crippen molar-refractivity contribution in [2.75, 3.05) is 73.6 Å². The third kappa shape index (κ3) is 10.1. The highest BCUT2D eigenvalue weighted by molar-refractivity contribution is 5.79. The van der Waals surface area contributed by atoms with Gasteiger partial charge in [-0.3, -0.25) is 4.99 Å². The Hall–Kier alpha value is -0.850. The van der Waals surface area contributed by atoms with Crippen LogP contribution in [-0.4, -0.2) is 89.4 Å². The molecule has 142 valence electrons. The molecule has 1 unspecified atom stereocenters. The quantitative estimate of drug-likeness (QED) is 0.336. The minimum absolute atomic E-state index is 0.637. The molecule has 24 heavy (non-hydrogen) atoms. The van der Waals surface area contributed by atoms with Crippen LogP contribution in [-0.2, 0) is 4.74 Å². The second-order valence-electron chi connectivity index (χ2n) is 7.00. The van der Waals surface area contributed by atoms with Crippen LogP contribution < -0.4 is 10.6 Å². The molecule has 1 rings (SSSR count). The number of methoxy groups -OCH3 is 1. The zero-order valence-electron chi connectivity index (χ0n) is 16.3. The molecule has 0 amide bonds. The summed E-state index contributed by atoms with van der Waals surface area (Å²) in [5.74, 6) is 1.55. The second kappa shape index (κ2) is 13.4. The zero-order valence-corrected chi connectivity index (χ0v) is 16.3. The van der Waals surface area contributed by atoms with Crippen molar-refractivity contribution in [3.05, 3.63) is 0 Å². The van der Waals surface area contributed by atoms with Crippen molar-refractivity contribution in [3.63, 3.8) is 0 Å². The summed E-state index contributed by atoms with van der Waals surface area (Å²) in [4.78, 5) is 9.24. The van der Waals surface area contributed by atoms with Crippen LogP contribution >= 0.6 is 0 Å². The minimum Gasteiger partial charge on any atom is -0.385 e. The summed E-state index contributed by atoms with van der Waals surface area (Å²) in [5, 5.41) is 6.86. The van der Waals surface area contributed by atoms with Crippen molar-refractivity contribution >= 4 is 5.96 Å². The number of guanidine groups is 1. The van der Waals surface area contributed by atoms with Crippen molar-refractivity contribution in [2.45, 2.75) is 32.6 Å². The van der Waals surface area contributed by atoms with Crippen LogP contribution in [0.1, 0.15) is 32.6 Å². The minimum atomic E-state index is 0.637. The van der Waals surface area contributed by atoms with Crippen LogP contribution in [0.25, 0.3) is 0 Å². The number of aliphatic imine (C=N–C) groups is 1. The Morgan fingerprint density at radius 1 is 1.21 bits per heavy atom. The lowest BCUT2D eigenvalue weighted by molar-refractivity contribution is 0.180. The lowest BCUT2D eigenvalue weighted by Gasteiger charge is -2.29. The monoisotopic (exact) mass is 341 g/mol. The van der Waals surface area contributed by atoms with E-state index in [1.165, 1.54) is 38.9 Å². The van der Waals surface area contributed by atoms with Gasteiger partial charge in [0.05, 0.1) is 0 Å². The Labute approximate surface area is 149 Å². The van der Waals surface area contributed by atoms with E-state index in [9.17, 15) is 0 Å². The van der Waals surface area contributed by atoms with Crippen molar-refractivity contribution in [1.82, 2.24) is 20.4 Å². The van der Waals surface area contributed by atoms with E-state index in [0.29, 0.717) is 5.92 Å². The molecule has 1 heterocycles. The van der Waals surface area contributed by atoms with Crippen molar-refractivity contribution in [1.29, 1.82) is 0 Å². The van der Waals surface area contributed by atoms with Gasteiger partial charge in [-0.1, -0.05) is 13.3 Å². The van der Waals surface area contributed by atoms with E-state index in [4.69, 9.17) is 4.74 Å². The number of hydrogen-bond acceptors (Lipinski definition) is 4.